The third kappa shape index (κ3) is 4.21. The van der Waals surface area contributed by atoms with Crippen LogP contribution < -0.4 is 0 Å². The van der Waals surface area contributed by atoms with Crippen molar-refractivity contribution in [3.05, 3.63) is 35.9 Å². The fourth-order valence-electron chi connectivity index (χ4n) is 1.34. The highest BCUT2D eigenvalue weighted by Crippen LogP contribution is 2.09. The average molecular weight is 233 g/mol. The van der Waals surface area contributed by atoms with E-state index in [4.69, 9.17) is 4.74 Å². The van der Waals surface area contributed by atoms with Crippen molar-refractivity contribution in [1.82, 2.24) is 0 Å². The van der Waals surface area contributed by atoms with Crippen molar-refractivity contribution in [2.75, 3.05) is 0 Å². The van der Waals surface area contributed by atoms with Crippen LogP contribution in [0.4, 0.5) is 0 Å². The lowest BCUT2D eigenvalue weighted by Gasteiger charge is -2.13. The molecule has 0 unspecified atom stereocenters. The standard InChI is InChI=1S/C13H15NO3/c1-10(2)12(14-9-15)13(16)17-8-11-6-4-3-5-7-11/h3-7,10,12H,8H2,1-2H3/t12-/m0/s1. The molecule has 0 saturated carbocycles. The summed E-state index contributed by atoms with van der Waals surface area (Å²) in [5.74, 6) is -0.577. The molecule has 90 valence electrons. The molecule has 0 aromatic heterocycles. The Kier molecular flexibility index (Phi) is 5.11. The highest BCUT2D eigenvalue weighted by Gasteiger charge is 2.22. The number of esters is 1. The number of ether oxygens (including phenoxy) is 1. The van der Waals surface area contributed by atoms with Crippen LogP contribution in [0.1, 0.15) is 19.4 Å². The minimum Gasteiger partial charge on any atom is -0.459 e. The van der Waals surface area contributed by atoms with Gasteiger partial charge in [0.25, 0.3) is 0 Å². The molecule has 1 aromatic carbocycles. The van der Waals surface area contributed by atoms with E-state index >= 15 is 0 Å². The van der Waals surface area contributed by atoms with Gasteiger partial charge in [0.1, 0.15) is 6.61 Å². The van der Waals surface area contributed by atoms with Crippen LogP contribution in [0.2, 0.25) is 0 Å². The normalized spacial score (nSPS) is 11.7. The molecule has 0 N–H and O–H groups in total. The third-order valence-electron chi connectivity index (χ3n) is 2.29. The number of aliphatic imine (C=N–C) groups is 1. The van der Waals surface area contributed by atoms with E-state index < -0.39 is 12.0 Å². The first-order chi connectivity index (χ1) is 8.15. The summed E-state index contributed by atoms with van der Waals surface area (Å²) >= 11 is 0. The van der Waals surface area contributed by atoms with Crippen LogP contribution in [0.5, 0.6) is 0 Å². The Morgan fingerprint density at radius 2 is 2.00 bits per heavy atom. The van der Waals surface area contributed by atoms with Gasteiger partial charge < -0.3 is 4.74 Å². The van der Waals surface area contributed by atoms with E-state index in [0.717, 1.165) is 5.56 Å². The molecule has 4 nitrogen and oxygen atoms in total. The summed E-state index contributed by atoms with van der Waals surface area (Å²) in [7, 11) is 0. The molecule has 0 fully saturated rings. The Hall–Kier alpha value is -1.93. The summed E-state index contributed by atoms with van der Waals surface area (Å²) in [6.07, 6.45) is 1.40. The Morgan fingerprint density at radius 1 is 1.35 bits per heavy atom. The van der Waals surface area contributed by atoms with Crippen LogP contribution >= 0.6 is 0 Å². The van der Waals surface area contributed by atoms with Crippen LogP contribution in [0.25, 0.3) is 0 Å². The Balaban J connectivity index is 2.56. The lowest BCUT2D eigenvalue weighted by atomic mass is 10.1. The zero-order valence-corrected chi connectivity index (χ0v) is 9.92. The van der Waals surface area contributed by atoms with E-state index in [2.05, 4.69) is 4.99 Å². The first-order valence-corrected chi connectivity index (χ1v) is 5.42. The first-order valence-electron chi connectivity index (χ1n) is 5.42. The van der Waals surface area contributed by atoms with Crippen LogP contribution in [0.3, 0.4) is 0 Å². The largest absolute Gasteiger partial charge is 0.459 e. The van der Waals surface area contributed by atoms with Gasteiger partial charge in [-0.25, -0.2) is 9.59 Å². The van der Waals surface area contributed by atoms with Crippen molar-refractivity contribution in [2.45, 2.75) is 26.5 Å². The highest BCUT2D eigenvalue weighted by molar-refractivity contribution is 5.77. The summed E-state index contributed by atoms with van der Waals surface area (Å²) in [6, 6.07) is 8.58. The van der Waals surface area contributed by atoms with Crippen molar-refractivity contribution < 1.29 is 14.3 Å². The molecule has 0 aliphatic carbocycles. The summed E-state index contributed by atoms with van der Waals surface area (Å²) in [6.45, 7) is 3.79. The van der Waals surface area contributed by atoms with Gasteiger partial charge in [0.2, 0.25) is 6.08 Å². The SMILES string of the molecule is CC(C)[C@H](N=C=O)C(=O)OCc1ccccc1. The molecule has 0 bridgehead atoms. The van der Waals surface area contributed by atoms with Crippen molar-refractivity contribution >= 4 is 12.0 Å². The minimum atomic E-state index is -0.767. The molecule has 1 atom stereocenters. The average Bonchev–Trinajstić information content (AvgIpc) is 2.34. The number of benzene rings is 1. The van der Waals surface area contributed by atoms with Gasteiger partial charge in [0.15, 0.2) is 6.04 Å². The molecular formula is C13H15NO3. The van der Waals surface area contributed by atoms with Crippen molar-refractivity contribution in [3.63, 3.8) is 0 Å². The number of carbonyl (C=O) groups is 1. The van der Waals surface area contributed by atoms with Gasteiger partial charge in [-0.1, -0.05) is 44.2 Å². The van der Waals surface area contributed by atoms with E-state index in [1.807, 2.05) is 30.3 Å². The van der Waals surface area contributed by atoms with Gasteiger partial charge in [-0.15, -0.1) is 0 Å². The van der Waals surface area contributed by atoms with E-state index in [-0.39, 0.29) is 12.5 Å². The quantitative estimate of drug-likeness (QED) is 0.444. The number of nitrogens with zero attached hydrogens (tertiary/aromatic N) is 1. The molecule has 0 heterocycles. The van der Waals surface area contributed by atoms with Crippen molar-refractivity contribution in [1.29, 1.82) is 0 Å². The van der Waals surface area contributed by atoms with Crippen LogP contribution in [0, 0.1) is 5.92 Å². The van der Waals surface area contributed by atoms with Crippen molar-refractivity contribution in [2.24, 2.45) is 10.9 Å². The zero-order valence-electron chi connectivity index (χ0n) is 9.92. The van der Waals surface area contributed by atoms with Gasteiger partial charge >= 0.3 is 5.97 Å². The fourth-order valence-corrected chi connectivity index (χ4v) is 1.34. The summed E-state index contributed by atoms with van der Waals surface area (Å²) in [5, 5.41) is 0. The molecule has 0 radical (unpaired) electrons. The molecule has 4 heteroatoms. The second-order valence-electron chi connectivity index (χ2n) is 4.00. The van der Waals surface area contributed by atoms with Crippen LogP contribution in [0.15, 0.2) is 35.3 Å². The number of hydrogen-bond donors (Lipinski definition) is 0. The summed E-state index contributed by atoms with van der Waals surface area (Å²) in [4.78, 5) is 25.3. The highest BCUT2D eigenvalue weighted by atomic mass is 16.5. The predicted octanol–water partition coefficient (Wildman–Crippen LogP) is 2.09. The number of hydrogen-bond acceptors (Lipinski definition) is 4. The minimum absolute atomic E-state index is 0.0836. The molecule has 0 spiro atoms. The Morgan fingerprint density at radius 3 is 2.53 bits per heavy atom. The fraction of sp³-hybridized carbons (Fsp3) is 0.385. The van der Waals surface area contributed by atoms with Crippen LogP contribution in [-0.2, 0) is 20.9 Å². The molecule has 1 rings (SSSR count). The van der Waals surface area contributed by atoms with E-state index in [0.29, 0.717) is 0 Å². The lowest BCUT2D eigenvalue weighted by molar-refractivity contribution is -0.147. The van der Waals surface area contributed by atoms with Crippen molar-refractivity contribution in [3.8, 4) is 0 Å². The van der Waals surface area contributed by atoms with Gasteiger partial charge in [-0.2, -0.15) is 4.99 Å². The maximum Gasteiger partial charge on any atom is 0.332 e. The van der Waals surface area contributed by atoms with Gasteiger partial charge in [-0.05, 0) is 11.5 Å². The summed E-state index contributed by atoms with van der Waals surface area (Å²) in [5.41, 5.74) is 0.901. The number of isocyanates is 1. The molecule has 0 saturated heterocycles. The molecule has 1 aromatic rings. The molecule has 0 aliphatic rings. The molecule has 17 heavy (non-hydrogen) atoms. The van der Waals surface area contributed by atoms with Crippen LogP contribution in [-0.4, -0.2) is 18.1 Å². The number of carbonyl (C=O) groups excluding carboxylic acids is 2. The topological polar surface area (TPSA) is 55.7 Å². The smallest absolute Gasteiger partial charge is 0.332 e. The van der Waals surface area contributed by atoms with Gasteiger partial charge in [-0.3, -0.25) is 0 Å². The zero-order chi connectivity index (χ0) is 12.7. The second kappa shape index (κ2) is 6.61. The molecule has 0 amide bonds. The first kappa shape index (κ1) is 13.1. The molecular weight excluding hydrogens is 218 g/mol. The van der Waals surface area contributed by atoms with E-state index in [1.165, 1.54) is 6.08 Å². The third-order valence-corrected chi connectivity index (χ3v) is 2.29. The van der Waals surface area contributed by atoms with Gasteiger partial charge in [0.05, 0.1) is 0 Å². The van der Waals surface area contributed by atoms with E-state index in [9.17, 15) is 9.59 Å². The lowest BCUT2D eigenvalue weighted by Crippen LogP contribution is -2.26. The summed E-state index contributed by atoms with van der Waals surface area (Å²) < 4.78 is 5.09. The maximum atomic E-state index is 11.7. The second-order valence-corrected chi connectivity index (χ2v) is 4.00. The molecule has 0 aliphatic heterocycles. The Bertz CT molecular complexity index is 408. The Labute approximate surface area is 100 Å². The number of rotatable bonds is 5. The van der Waals surface area contributed by atoms with E-state index in [1.54, 1.807) is 13.8 Å². The van der Waals surface area contributed by atoms with Gasteiger partial charge in [0, 0.05) is 0 Å². The monoisotopic (exact) mass is 233 g/mol. The maximum absolute atomic E-state index is 11.7. The predicted molar refractivity (Wildman–Crippen MR) is 63.0 cm³/mol.